The van der Waals surface area contributed by atoms with E-state index in [1.54, 1.807) is 0 Å². The van der Waals surface area contributed by atoms with Crippen LogP contribution in [-0.4, -0.2) is 35.1 Å². The summed E-state index contributed by atoms with van der Waals surface area (Å²) in [5.74, 6) is 0.282. The third kappa shape index (κ3) is 4.91. The summed E-state index contributed by atoms with van der Waals surface area (Å²) in [6.07, 6.45) is 0. The number of rotatable bonds is 7. The highest BCUT2D eigenvalue weighted by atomic mass is 32.2. The summed E-state index contributed by atoms with van der Waals surface area (Å²) in [7, 11) is 0. The molecule has 4 nitrogen and oxygen atoms in total. The van der Waals surface area contributed by atoms with Gasteiger partial charge in [-0.1, -0.05) is 49.7 Å². The number of thioether (sulfide) groups is 1. The van der Waals surface area contributed by atoms with Crippen LogP contribution in [0.3, 0.4) is 0 Å². The van der Waals surface area contributed by atoms with Crippen molar-refractivity contribution in [3.63, 3.8) is 0 Å². The zero-order valence-electron chi connectivity index (χ0n) is 17.6. The summed E-state index contributed by atoms with van der Waals surface area (Å²) in [5, 5.41) is 0.202. The fourth-order valence-corrected chi connectivity index (χ4v) is 4.35. The van der Waals surface area contributed by atoms with Crippen LogP contribution in [-0.2, 0) is 9.59 Å². The van der Waals surface area contributed by atoms with Crippen LogP contribution in [0.1, 0.15) is 36.1 Å². The Morgan fingerprint density at radius 2 is 1.52 bits per heavy atom. The summed E-state index contributed by atoms with van der Waals surface area (Å²) in [6, 6.07) is 13.7. The zero-order valence-corrected chi connectivity index (χ0v) is 18.4. The lowest BCUT2D eigenvalue weighted by Gasteiger charge is -2.16. The van der Waals surface area contributed by atoms with E-state index in [2.05, 4.69) is 6.07 Å². The standard InChI is InChI=1S/C24H27NO3S/c1-15(2)29-22-21(19-8-6-16(3)7-9-19)23(26)25(24(22)27)10-11-28-20-13-17(4)12-18(5)14-20/h6-9,12-15H,10-11H2,1-5H3. The number of carbonyl (C=O) groups excluding carboxylic acids is 2. The van der Waals surface area contributed by atoms with Gasteiger partial charge in [0.25, 0.3) is 11.8 Å². The van der Waals surface area contributed by atoms with Gasteiger partial charge in [-0.2, -0.15) is 0 Å². The topological polar surface area (TPSA) is 46.6 Å². The monoisotopic (exact) mass is 409 g/mol. The Bertz CT molecular complexity index is 940. The first kappa shape index (κ1) is 21.2. The van der Waals surface area contributed by atoms with Gasteiger partial charge in [0.1, 0.15) is 12.4 Å². The van der Waals surface area contributed by atoms with Crippen molar-refractivity contribution < 1.29 is 14.3 Å². The third-order valence-electron chi connectivity index (χ3n) is 4.60. The minimum atomic E-state index is -0.244. The number of hydrogen-bond donors (Lipinski definition) is 0. The molecule has 0 N–H and O–H groups in total. The molecule has 0 unspecified atom stereocenters. The molecule has 0 saturated carbocycles. The molecule has 2 aromatic carbocycles. The molecule has 152 valence electrons. The van der Waals surface area contributed by atoms with Crippen LogP contribution in [0.15, 0.2) is 47.4 Å². The summed E-state index contributed by atoms with van der Waals surface area (Å²) in [6.45, 7) is 10.6. The lowest BCUT2D eigenvalue weighted by molar-refractivity contribution is -0.136. The van der Waals surface area contributed by atoms with Crippen molar-refractivity contribution in [2.24, 2.45) is 0 Å². The first-order valence-electron chi connectivity index (χ1n) is 9.81. The van der Waals surface area contributed by atoms with Gasteiger partial charge in [-0.3, -0.25) is 14.5 Å². The molecular weight excluding hydrogens is 382 g/mol. The number of amides is 2. The Labute approximate surface area is 176 Å². The maximum absolute atomic E-state index is 13.1. The molecule has 1 aliphatic rings. The highest BCUT2D eigenvalue weighted by molar-refractivity contribution is 8.04. The van der Waals surface area contributed by atoms with Crippen LogP contribution < -0.4 is 4.74 Å². The second kappa shape index (κ2) is 8.87. The molecule has 1 aliphatic heterocycles. The van der Waals surface area contributed by atoms with Gasteiger partial charge in [0.05, 0.1) is 17.0 Å². The molecule has 0 radical (unpaired) electrons. The van der Waals surface area contributed by atoms with E-state index in [0.717, 1.165) is 28.0 Å². The van der Waals surface area contributed by atoms with Crippen LogP contribution in [0, 0.1) is 20.8 Å². The van der Waals surface area contributed by atoms with Crippen LogP contribution in [0.2, 0.25) is 0 Å². The molecule has 2 aromatic rings. The second-order valence-corrected chi connectivity index (χ2v) is 9.26. The largest absolute Gasteiger partial charge is 0.492 e. The average Bonchev–Trinajstić information content (AvgIpc) is 2.85. The first-order chi connectivity index (χ1) is 13.8. The lowest BCUT2D eigenvalue weighted by Crippen LogP contribution is -2.35. The van der Waals surface area contributed by atoms with Crippen molar-refractivity contribution in [2.75, 3.05) is 13.2 Å². The molecule has 0 spiro atoms. The number of ether oxygens (including phenoxy) is 1. The quantitative estimate of drug-likeness (QED) is 0.610. The Balaban J connectivity index is 1.78. The lowest BCUT2D eigenvalue weighted by atomic mass is 10.0. The van der Waals surface area contributed by atoms with E-state index in [-0.39, 0.29) is 30.2 Å². The van der Waals surface area contributed by atoms with E-state index in [4.69, 9.17) is 4.74 Å². The van der Waals surface area contributed by atoms with Crippen LogP contribution in [0.25, 0.3) is 5.57 Å². The SMILES string of the molecule is Cc1ccc(C2=C(SC(C)C)C(=O)N(CCOc3cc(C)cc(C)c3)C2=O)cc1. The predicted octanol–water partition coefficient (Wildman–Crippen LogP) is 4.91. The van der Waals surface area contributed by atoms with Crippen molar-refractivity contribution in [3.8, 4) is 5.75 Å². The van der Waals surface area contributed by atoms with E-state index in [0.29, 0.717) is 10.5 Å². The van der Waals surface area contributed by atoms with E-state index < -0.39 is 0 Å². The van der Waals surface area contributed by atoms with Crippen LogP contribution >= 0.6 is 11.8 Å². The zero-order chi connectivity index (χ0) is 21.1. The van der Waals surface area contributed by atoms with E-state index in [1.165, 1.54) is 16.7 Å². The maximum Gasteiger partial charge on any atom is 0.268 e. The van der Waals surface area contributed by atoms with Crippen molar-refractivity contribution in [1.29, 1.82) is 0 Å². The number of aryl methyl sites for hydroxylation is 3. The molecule has 5 heteroatoms. The molecule has 0 bridgehead atoms. The molecule has 3 rings (SSSR count). The fourth-order valence-electron chi connectivity index (χ4n) is 3.35. The smallest absolute Gasteiger partial charge is 0.268 e. The minimum Gasteiger partial charge on any atom is -0.492 e. The average molecular weight is 410 g/mol. The van der Waals surface area contributed by atoms with Crippen molar-refractivity contribution in [1.82, 2.24) is 4.90 Å². The van der Waals surface area contributed by atoms with Gasteiger partial charge < -0.3 is 4.74 Å². The Hall–Kier alpha value is -2.53. The first-order valence-corrected chi connectivity index (χ1v) is 10.7. The van der Waals surface area contributed by atoms with Crippen LogP contribution in [0.4, 0.5) is 0 Å². The van der Waals surface area contributed by atoms with Crippen molar-refractivity contribution >= 4 is 29.1 Å². The van der Waals surface area contributed by atoms with Gasteiger partial charge in [-0.25, -0.2) is 0 Å². The molecule has 0 saturated heterocycles. The third-order valence-corrected chi connectivity index (χ3v) is 5.68. The van der Waals surface area contributed by atoms with Crippen LogP contribution in [0.5, 0.6) is 5.75 Å². The molecule has 0 fully saturated rings. The molecule has 0 aromatic heterocycles. The van der Waals surface area contributed by atoms with E-state index in [1.807, 2.05) is 71.0 Å². The number of nitrogens with zero attached hydrogens (tertiary/aromatic N) is 1. The molecule has 0 aliphatic carbocycles. The molecule has 29 heavy (non-hydrogen) atoms. The number of benzene rings is 2. The van der Waals surface area contributed by atoms with Crippen molar-refractivity contribution in [3.05, 3.63) is 69.6 Å². The number of carbonyl (C=O) groups is 2. The van der Waals surface area contributed by atoms with Gasteiger partial charge >= 0.3 is 0 Å². The van der Waals surface area contributed by atoms with Gasteiger partial charge in [-0.15, -0.1) is 11.8 Å². The van der Waals surface area contributed by atoms with Gasteiger partial charge in [-0.05, 0) is 49.6 Å². The fraction of sp³-hybridized carbons (Fsp3) is 0.333. The molecule has 1 heterocycles. The van der Waals surface area contributed by atoms with Gasteiger partial charge in [0, 0.05) is 5.25 Å². The second-order valence-electron chi connectivity index (χ2n) is 7.67. The van der Waals surface area contributed by atoms with E-state index in [9.17, 15) is 9.59 Å². The normalized spacial score (nSPS) is 14.3. The Morgan fingerprint density at radius 3 is 2.10 bits per heavy atom. The van der Waals surface area contributed by atoms with Gasteiger partial charge in [0.15, 0.2) is 0 Å². The summed E-state index contributed by atoms with van der Waals surface area (Å²) in [5.41, 5.74) is 4.64. The number of hydrogen-bond acceptors (Lipinski definition) is 4. The van der Waals surface area contributed by atoms with Crippen molar-refractivity contribution in [2.45, 2.75) is 39.9 Å². The Morgan fingerprint density at radius 1 is 0.897 bits per heavy atom. The summed E-state index contributed by atoms with van der Waals surface area (Å²) < 4.78 is 5.83. The predicted molar refractivity (Wildman–Crippen MR) is 119 cm³/mol. The molecule has 2 amide bonds. The minimum absolute atomic E-state index is 0.202. The summed E-state index contributed by atoms with van der Waals surface area (Å²) >= 11 is 1.45. The Kier molecular flexibility index (Phi) is 6.48. The maximum atomic E-state index is 13.1. The highest BCUT2D eigenvalue weighted by Crippen LogP contribution is 2.37. The van der Waals surface area contributed by atoms with Gasteiger partial charge in [0.2, 0.25) is 0 Å². The highest BCUT2D eigenvalue weighted by Gasteiger charge is 2.39. The number of imide groups is 1. The summed E-state index contributed by atoms with van der Waals surface area (Å²) in [4.78, 5) is 28.0. The molecule has 0 atom stereocenters. The van der Waals surface area contributed by atoms with E-state index >= 15 is 0 Å². The molecular formula is C24H27NO3S.